The highest BCUT2D eigenvalue weighted by Crippen LogP contribution is 1.90. The van der Waals surface area contributed by atoms with E-state index in [1.165, 1.54) is 12.8 Å². The highest BCUT2D eigenvalue weighted by molar-refractivity contribution is 4.57. The van der Waals surface area contributed by atoms with E-state index in [1.54, 1.807) is 0 Å². The Balaban J connectivity index is 2.80. The average molecular weight is 159 g/mol. The lowest BCUT2D eigenvalue weighted by Gasteiger charge is -2.06. The number of rotatable bonds is 7. The zero-order valence-corrected chi connectivity index (χ0v) is 7.47. The van der Waals surface area contributed by atoms with Gasteiger partial charge in [0.2, 0.25) is 0 Å². The lowest BCUT2D eigenvalue weighted by Crippen LogP contribution is -2.31. The number of hydrogen-bond donors (Lipinski definition) is 3. The molecule has 0 saturated heterocycles. The zero-order valence-electron chi connectivity index (χ0n) is 7.47. The second kappa shape index (κ2) is 7.98. The van der Waals surface area contributed by atoms with Crippen molar-refractivity contribution in [1.29, 1.82) is 0 Å². The third kappa shape index (κ3) is 9.88. The van der Waals surface area contributed by atoms with E-state index in [4.69, 9.17) is 11.5 Å². The van der Waals surface area contributed by atoms with Crippen molar-refractivity contribution in [2.24, 2.45) is 11.5 Å². The summed E-state index contributed by atoms with van der Waals surface area (Å²) in [6, 6.07) is 0.268. The molecule has 0 heterocycles. The maximum atomic E-state index is 5.55. The number of hydrogen-bond acceptors (Lipinski definition) is 3. The Bertz CT molecular complexity index is 73.7. The molecule has 0 aliphatic carbocycles. The minimum absolute atomic E-state index is 0.268. The Labute approximate surface area is 69.5 Å². The molecular weight excluding hydrogens is 138 g/mol. The maximum absolute atomic E-state index is 5.55. The van der Waals surface area contributed by atoms with Gasteiger partial charge in [-0.05, 0) is 32.9 Å². The van der Waals surface area contributed by atoms with Crippen LogP contribution in [-0.2, 0) is 0 Å². The molecule has 0 aromatic rings. The van der Waals surface area contributed by atoms with Crippen LogP contribution in [0.15, 0.2) is 0 Å². The first-order valence-corrected chi connectivity index (χ1v) is 4.43. The molecule has 0 fully saturated rings. The quantitative estimate of drug-likeness (QED) is 0.460. The molecule has 1 atom stereocenters. The van der Waals surface area contributed by atoms with Crippen LogP contribution in [0.25, 0.3) is 0 Å². The van der Waals surface area contributed by atoms with Gasteiger partial charge in [-0.3, -0.25) is 0 Å². The Morgan fingerprint density at radius 3 is 2.55 bits per heavy atom. The number of nitrogens with one attached hydrogen (secondary N) is 1. The maximum Gasteiger partial charge on any atom is 0.0136 e. The third-order valence-electron chi connectivity index (χ3n) is 1.52. The van der Waals surface area contributed by atoms with Crippen LogP contribution in [0.4, 0.5) is 0 Å². The summed E-state index contributed by atoms with van der Waals surface area (Å²) in [6.45, 7) is 4.81. The fourth-order valence-corrected chi connectivity index (χ4v) is 0.901. The van der Waals surface area contributed by atoms with E-state index in [1.807, 2.05) is 6.92 Å². The molecule has 0 aliphatic heterocycles. The Morgan fingerprint density at radius 1 is 1.27 bits per heavy atom. The van der Waals surface area contributed by atoms with Crippen LogP contribution in [-0.4, -0.2) is 25.7 Å². The standard InChI is InChI=1S/C8H21N3/c1-8(10)7-11-6-4-2-3-5-9/h8,11H,2-7,9-10H2,1H3. The first-order chi connectivity index (χ1) is 5.27. The van der Waals surface area contributed by atoms with Crippen LogP contribution in [0, 0.1) is 0 Å². The molecule has 0 bridgehead atoms. The van der Waals surface area contributed by atoms with E-state index >= 15 is 0 Å². The monoisotopic (exact) mass is 159 g/mol. The van der Waals surface area contributed by atoms with Crippen molar-refractivity contribution in [2.75, 3.05) is 19.6 Å². The summed E-state index contributed by atoms with van der Waals surface area (Å²) in [5.74, 6) is 0. The van der Waals surface area contributed by atoms with Crippen LogP contribution < -0.4 is 16.8 Å². The molecular formula is C8H21N3. The van der Waals surface area contributed by atoms with Gasteiger partial charge < -0.3 is 16.8 Å². The topological polar surface area (TPSA) is 64.1 Å². The lowest BCUT2D eigenvalue weighted by molar-refractivity contribution is 0.570. The molecule has 3 nitrogen and oxygen atoms in total. The molecule has 0 radical (unpaired) electrons. The van der Waals surface area contributed by atoms with E-state index < -0.39 is 0 Å². The van der Waals surface area contributed by atoms with E-state index in [0.717, 1.165) is 26.1 Å². The molecule has 11 heavy (non-hydrogen) atoms. The van der Waals surface area contributed by atoms with E-state index in [9.17, 15) is 0 Å². The molecule has 1 unspecified atom stereocenters. The third-order valence-corrected chi connectivity index (χ3v) is 1.52. The molecule has 0 aliphatic rings. The van der Waals surface area contributed by atoms with Gasteiger partial charge in [-0.15, -0.1) is 0 Å². The summed E-state index contributed by atoms with van der Waals surface area (Å²) in [5.41, 5.74) is 10.9. The molecule has 0 amide bonds. The van der Waals surface area contributed by atoms with Gasteiger partial charge >= 0.3 is 0 Å². The summed E-state index contributed by atoms with van der Waals surface area (Å²) < 4.78 is 0. The minimum atomic E-state index is 0.268. The van der Waals surface area contributed by atoms with Gasteiger partial charge in [0.25, 0.3) is 0 Å². The molecule has 68 valence electrons. The van der Waals surface area contributed by atoms with Crippen molar-refractivity contribution in [3.8, 4) is 0 Å². The Kier molecular flexibility index (Phi) is 7.89. The van der Waals surface area contributed by atoms with Crippen LogP contribution in [0.2, 0.25) is 0 Å². The Morgan fingerprint density at radius 2 is 2.00 bits per heavy atom. The van der Waals surface area contributed by atoms with Crippen molar-refractivity contribution in [1.82, 2.24) is 5.32 Å². The predicted octanol–water partition coefficient (Wildman–Crippen LogP) is 0.0522. The smallest absolute Gasteiger partial charge is 0.0136 e. The molecule has 0 aromatic carbocycles. The average Bonchev–Trinajstić information content (AvgIpc) is 1.96. The van der Waals surface area contributed by atoms with Gasteiger partial charge in [0.1, 0.15) is 0 Å². The summed E-state index contributed by atoms with van der Waals surface area (Å²) in [5, 5.41) is 3.28. The van der Waals surface area contributed by atoms with Crippen LogP contribution in [0.3, 0.4) is 0 Å². The first-order valence-electron chi connectivity index (χ1n) is 4.43. The van der Waals surface area contributed by atoms with Crippen LogP contribution in [0.5, 0.6) is 0 Å². The normalized spacial score (nSPS) is 13.4. The zero-order chi connectivity index (χ0) is 8.53. The molecule has 0 saturated carbocycles. The first kappa shape index (κ1) is 10.9. The van der Waals surface area contributed by atoms with Gasteiger partial charge in [0.15, 0.2) is 0 Å². The molecule has 5 N–H and O–H groups in total. The van der Waals surface area contributed by atoms with E-state index in [-0.39, 0.29) is 6.04 Å². The summed E-state index contributed by atoms with van der Waals surface area (Å²) in [6.07, 6.45) is 3.58. The summed E-state index contributed by atoms with van der Waals surface area (Å²) >= 11 is 0. The van der Waals surface area contributed by atoms with Crippen molar-refractivity contribution in [3.63, 3.8) is 0 Å². The van der Waals surface area contributed by atoms with Crippen LogP contribution in [0.1, 0.15) is 26.2 Å². The highest BCUT2D eigenvalue weighted by Gasteiger charge is 1.91. The van der Waals surface area contributed by atoms with E-state index in [2.05, 4.69) is 5.32 Å². The second-order valence-electron chi connectivity index (χ2n) is 3.03. The van der Waals surface area contributed by atoms with Gasteiger partial charge in [0, 0.05) is 12.6 Å². The van der Waals surface area contributed by atoms with Crippen molar-refractivity contribution >= 4 is 0 Å². The molecule has 3 heteroatoms. The van der Waals surface area contributed by atoms with Gasteiger partial charge in [0.05, 0.1) is 0 Å². The van der Waals surface area contributed by atoms with Crippen molar-refractivity contribution < 1.29 is 0 Å². The largest absolute Gasteiger partial charge is 0.330 e. The number of nitrogens with two attached hydrogens (primary N) is 2. The van der Waals surface area contributed by atoms with Crippen LogP contribution >= 0.6 is 0 Å². The van der Waals surface area contributed by atoms with Gasteiger partial charge in [-0.1, -0.05) is 6.42 Å². The van der Waals surface area contributed by atoms with Gasteiger partial charge in [-0.25, -0.2) is 0 Å². The lowest BCUT2D eigenvalue weighted by atomic mass is 10.2. The van der Waals surface area contributed by atoms with Crippen molar-refractivity contribution in [2.45, 2.75) is 32.2 Å². The summed E-state index contributed by atoms with van der Waals surface area (Å²) in [7, 11) is 0. The predicted molar refractivity (Wildman–Crippen MR) is 49.4 cm³/mol. The fraction of sp³-hybridized carbons (Fsp3) is 1.00. The molecule has 0 aromatic heterocycles. The molecule has 0 spiro atoms. The van der Waals surface area contributed by atoms with Gasteiger partial charge in [-0.2, -0.15) is 0 Å². The van der Waals surface area contributed by atoms with E-state index in [0.29, 0.717) is 0 Å². The number of unbranched alkanes of at least 4 members (excludes halogenated alkanes) is 2. The van der Waals surface area contributed by atoms with Crippen molar-refractivity contribution in [3.05, 3.63) is 0 Å². The second-order valence-corrected chi connectivity index (χ2v) is 3.03. The SMILES string of the molecule is CC(N)CNCCCCCN. The minimum Gasteiger partial charge on any atom is -0.330 e. The fourth-order valence-electron chi connectivity index (χ4n) is 0.901. The highest BCUT2D eigenvalue weighted by atomic mass is 14.9. The summed E-state index contributed by atoms with van der Waals surface area (Å²) in [4.78, 5) is 0. The Hall–Kier alpha value is -0.120. The molecule has 0 rings (SSSR count).